The van der Waals surface area contributed by atoms with Gasteiger partial charge in [0.25, 0.3) is 0 Å². The number of benzene rings is 1. The molecular weight excluding hydrogens is 328 g/mol. The third kappa shape index (κ3) is 3.56. The van der Waals surface area contributed by atoms with Crippen molar-refractivity contribution in [1.82, 2.24) is 15.2 Å². The summed E-state index contributed by atoms with van der Waals surface area (Å²) in [6, 6.07) is 7.89. The molecule has 0 amide bonds. The number of nitrogens with one attached hydrogen (secondary N) is 2. The number of rotatable bonds is 7. The van der Waals surface area contributed by atoms with Gasteiger partial charge in [0.05, 0.1) is 5.75 Å². The van der Waals surface area contributed by atoms with Gasteiger partial charge in [0, 0.05) is 28.7 Å². The van der Waals surface area contributed by atoms with E-state index in [9.17, 15) is 4.79 Å². The van der Waals surface area contributed by atoms with Gasteiger partial charge in [-0.3, -0.25) is 4.79 Å². The van der Waals surface area contributed by atoms with Crippen LogP contribution in [0.15, 0.2) is 28.6 Å². The Morgan fingerprint density at radius 1 is 1.35 bits per heavy atom. The highest BCUT2D eigenvalue weighted by Gasteiger charge is 2.16. The predicted molar refractivity (Wildman–Crippen MR) is 96.8 cm³/mol. The number of hydrogen-bond donors (Lipinski definition) is 2. The molecule has 1 aromatic carbocycles. The highest BCUT2D eigenvalue weighted by atomic mass is 32.2. The van der Waals surface area contributed by atoms with E-state index in [1.807, 2.05) is 31.2 Å². The lowest BCUT2D eigenvalue weighted by atomic mass is 10.1. The van der Waals surface area contributed by atoms with Crippen molar-refractivity contribution in [2.75, 3.05) is 17.6 Å². The van der Waals surface area contributed by atoms with Crippen LogP contribution in [0.25, 0.3) is 10.9 Å². The summed E-state index contributed by atoms with van der Waals surface area (Å²) in [7, 11) is 0. The third-order valence-corrected chi connectivity index (χ3v) is 5.45. The number of hydrogen-bond acceptors (Lipinski definition) is 6. The number of carbonyl (C=O) groups is 1. The summed E-state index contributed by atoms with van der Waals surface area (Å²) in [5, 5.41) is 13.2. The van der Waals surface area contributed by atoms with E-state index in [0.29, 0.717) is 5.75 Å². The van der Waals surface area contributed by atoms with E-state index in [1.54, 1.807) is 0 Å². The van der Waals surface area contributed by atoms with Crippen LogP contribution < -0.4 is 5.32 Å². The molecule has 2 heterocycles. The maximum Gasteiger partial charge on any atom is 0.206 e. The molecule has 0 aliphatic rings. The molecular formula is C16H18N4OS2. The molecule has 0 fully saturated rings. The Kier molecular flexibility index (Phi) is 4.97. The fourth-order valence-corrected chi connectivity index (χ4v) is 4.06. The number of ketones is 1. The van der Waals surface area contributed by atoms with Crippen LogP contribution in [0.3, 0.4) is 0 Å². The van der Waals surface area contributed by atoms with Crippen LogP contribution in [0.5, 0.6) is 0 Å². The van der Waals surface area contributed by atoms with E-state index in [-0.39, 0.29) is 5.78 Å². The number of para-hydroxylation sites is 1. The zero-order chi connectivity index (χ0) is 16.2. The minimum Gasteiger partial charge on any atom is -0.360 e. The van der Waals surface area contributed by atoms with Crippen molar-refractivity contribution in [3.05, 3.63) is 35.5 Å². The van der Waals surface area contributed by atoms with Crippen LogP contribution in [-0.4, -0.2) is 33.3 Å². The normalized spacial score (nSPS) is 11.0. The lowest BCUT2D eigenvalue weighted by molar-refractivity contribution is 0.102. The summed E-state index contributed by atoms with van der Waals surface area (Å²) in [6.07, 6.45) is 1.04. The van der Waals surface area contributed by atoms with Gasteiger partial charge in [-0.1, -0.05) is 48.2 Å². The second-order valence-corrected chi connectivity index (χ2v) is 7.38. The molecule has 0 spiro atoms. The number of aryl methyl sites for hydroxylation is 1. The van der Waals surface area contributed by atoms with Gasteiger partial charge in [0.1, 0.15) is 0 Å². The molecule has 3 rings (SSSR count). The van der Waals surface area contributed by atoms with Crippen LogP contribution >= 0.6 is 23.1 Å². The fraction of sp³-hybridized carbons (Fsp3) is 0.312. The lowest BCUT2D eigenvalue weighted by Crippen LogP contribution is -2.03. The Morgan fingerprint density at radius 3 is 3.00 bits per heavy atom. The molecule has 0 unspecified atom stereocenters. The van der Waals surface area contributed by atoms with Gasteiger partial charge in [-0.2, -0.15) is 0 Å². The second kappa shape index (κ2) is 7.14. The molecule has 120 valence electrons. The predicted octanol–water partition coefficient (Wildman–Crippen LogP) is 4.12. The maximum absolute atomic E-state index is 12.6. The number of aromatic nitrogens is 3. The minimum atomic E-state index is 0.114. The van der Waals surface area contributed by atoms with Crippen LogP contribution in [0.2, 0.25) is 0 Å². The van der Waals surface area contributed by atoms with Gasteiger partial charge in [0.15, 0.2) is 10.1 Å². The molecule has 0 aliphatic carbocycles. The Labute approximate surface area is 142 Å². The van der Waals surface area contributed by atoms with E-state index >= 15 is 0 Å². The van der Waals surface area contributed by atoms with Crippen molar-refractivity contribution < 1.29 is 4.79 Å². The topological polar surface area (TPSA) is 70.7 Å². The summed E-state index contributed by atoms with van der Waals surface area (Å²) in [5.74, 6) is 0.480. The minimum absolute atomic E-state index is 0.114. The molecule has 2 aromatic heterocycles. The molecule has 5 nitrogen and oxygen atoms in total. The summed E-state index contributed by atoms with van der Waals surface area (Å²) in [5.41, 5.74) is 2.70. The first-order valence-electron chi connectivity index (χ1n) is 7.49. The summed E-state index contributed by atoms with van der Waals surface area (Å²) in [4.78, 5) is 15.9. The molecule has 3 aromatic rings. The van der Waals surface area contributed by atoms with Gasteiger partial charge in [-0.15, -0.1) is 10.2 Å². The summed E-state index contributed by atoms with van der Waals surface area (Å²) < 4.78 is 0.814. The summed E-state index contributed by atoms with van der Waals surface area (Å²) in [6.45, 7) is 4.92. The molecule has 0 saturated carbocycles. The number of fused-ring (bicyclic) bond motifs is 1. The van der Waals surface area contributed by atoms with E-state index in [2.05, 4.69) is 27.4 Å². The third-order valence-electron chi connectivity index (χ3n) is 3.43. The Balaban J connectivity index is 1.69. The number of thioether (sulfide) groups is 1. The van der Waals surface area contributed by atoms with Gasteiger partial charge in [-0.05, 0) is 19.4 Å². The van der Waals surface area contributed by atoms with Gasteiger partial charge < -0.3 is 10.3 Å². The van der Waals surface area contributed by atoms with Crippen molar-refractivity contribution >= 4 is 44.9 Å². The second-order valence-electron chi connectivity index (χ2n) is 5.18. The molecule has 2 N–H and O–H groups in total. The van der Waals surface area contributed by atoms with Crippen molar-refractivity contribution in [1.29, 1.82) is 0 Å². The molecule has 23 heavy (non-hydrogen) atoms. The summed E-state index contributed by atoms with van der Waals surface area (Å²) >= 11 is 2.93. The van der Waals surface area contributed by atoms with Gasteiger partial charge in [-0.25, -0.2) is 0 Å². The van der Waals surface area contributed by atoms with Crippen molar-refractivity contribution in [2.45, 2.75) is 24.6 Å². The highest BCUT2D eigenvalue weighted by Crippen LogP contribution is 2.28. The lowest BCUT2D eigenvalue weighted by Gasteiger charge is -1.99. The van der Waals surface area contributed by atoms with Crippen LogP contribution in [0.1, 0.15) is 29.4 Å². The SMILES string of the molecule is CCCNc1nnc(SCC(=O)c2c(C)[nH]c3ccccc23)s1. The number of carbonyl (C=O) groups excluding carboxylic acids is 1. The maximum atomic E-state index is 12.6. The van der Waals surface area contributed by atoms with E-state index in [1.165, 1.54) is 23.1 Å². The highest BCUT2D eigenvalue weighted by molar-refractivity contribution is 8.01. The zero-order valence-electron chi connectivity index (χ0n) is 13.0. The zero-order valence-corrected chi connectivity index (χ0v) is 14.7. The molecule has 0 atom stereocenters. The molecule has 0 bridgehead atoms. The van der Waals surface area contributed by atoms with Crippen LogP contribution in [0.4, 0.5) is 5.13 Å². The van der Waals surface area contributed by atoms with Crippen LogP contribution in [-0.2, 0) is 0 Å². The largest absolute Gasteiger partial charge is 0.360 e. The van der Waals surface area contributed by atoms with Crippen LogP contribution in [0, 0.1) is 6.92 Å². The average Bonchev–Trinajstić information content (AvgIpc) is 3.13. The van der Waals surface area contributed by atoms with E-state index in [0.717, 1.165) is 44.6 Å². The van der Waals surface area contributed by atoms with E-state index in [4.69, 9.17) is 0 Å². The number of anilines is 1. The van der Waals surface area contributed by atoms with Gasteiger partial charge in [0.2, 0.25) is 5.13 Å². The number of nitrogens with zero attached hydrogens (tertiary/aromatic N) is 2. The average molecular weight is 346 g/mol. The quantitative estimate of drug-likeness (QED) is 0.497. The Bertz CT molecular complexity index is 824. The van der Waals surface area contributed by atoms with Gasteiger partial charge >= 0.3 is 0 Å². The van der Waals surface area contributed by atoms with Crippen molar-refractivity contribution in [2.24, 2.45) is 0 Å². The van der Waals surface area contributed by atoms with Crippen molar-refractivity contribution in [3.63, 3.8) is 0 Å². The number of Topliss-reactive ketones (excluding diaryl/α,β-unsaturated/α-hetero) is 1. The van der Waals surface area contributed by atoms with Crippen molar-refractivity contribution in [3.8, 4) is 0 Å². The smallest absolute Gasteiger partial charge is 0.206 e. The molecule has 0 aliphatic heterocycles. The van der Waals surface area contributed by atoms with E-state index < -0.39 is 0 Å². The molecule has 7 heteroatoms. The monoisotopic (exact) mass is 346 g/mol. The number of aromatic amines is 1. The first-order chi connectivity index (χ1) is 11.2. The first-order valence-corrected chi connectivity index (χ1v) is 9.30. The standard InChI is InChI=1S/C16H18N4OS2/c1-3-8-17-15-19-20-16(23-15)22-9-13(21)14-10(2)18-12-7-5-4-6-11(12)14/h4-7,18H,3,8-9H2,1-2H3,(H,17,19). The molecule has 0 saturated heterocycles. The Hall–Kier alpha value is -1.86. The first kappa shape index (κ1) is 16.0. The fourth-order valence-electron chi connectivity index (χ4n) is 2.41. The Morgan fingerprint density at radius 2 is 2.17 bits per heavy atom. The number of H-pyrrole nitrogens is 1. The molecule has 0 radical (unpaired) electrons.